The Labute approximate surface area is 134 Å². The van der Waals surface area contributed by atoms with Crippen molar-refractivity contribution < 1.29 is 9.53 Å². The van der Waals surface area contributed by atoms with Crippen molar-refractivity contribution in [3.63, 3.8) is 0 Å². The van der Waals surface area contributed by atoms with E-state index in [9.17, 15) is 4.79 Å². The lowest BCUT2D eigenvalue weighted by Gasteiger charge is -2.41. The second kappa shape index (κ2) is 5.82. The third-order valence-corrected chi connectivity index (χ3v) is 5.10. The van der Waals surface area contributed by atoms with E-state index in [-0.39, 0.29) is 11.4 Å². The van der Waals surface area contributed by atoms with Crippen molar-refractivity contribution in [3.05, 3.63) is 40.9 Å². The minimum Gasteiger partial charge on any atom is -0.377 e. The number of hydrogen-bond donors (Lipinski definition) is 0. The van der Waals surface area contributed by atoms with Crippen LogP contribution < -0.4 is 0 Å². The van der Waals surface area contributed by atoms with Gasteiger partial charge in [-0.1, -0.05) is 30.3 Å². The summed E-state index contributed by atoms with van der Waals surface area (Å²) in [5, 5.41) is 0.896. The molecule has 1 aromatic heterocycles. The SMILES string of the molecule is Cc1nc(-c2ccccc2)sc1C(=O)N1CCOCC1(C)C. The van der Waals surface area contributed by atoms with Gasteiger partial charge in [0, 0.05) is 12.1 Å². The predicted molar refractivity (Wildman–Crippen MR) is 88.2 cm³/mol. The molecule has 5 heteroatoms. The van der Waals surface area contributed by atoms with E-state index in [2.05, 4.69) is 4.98 Å². The first-order valence-electron chi connectivity index (χ1n) is 7.41. The normalized spacial score (nSPS) is 17.5. The fourth-order valence-electron chi connectivity index (χ4n) is 2.66. The molecule has 0 unspecified atom stereocenters. The van der Waals surface area contributed by atoms with E-state index in [4.69, 9.17) is 4.74 Å². The fourth-order valence-corrected chi connectivity index (χ4v) is 3.68. The second-order valence-electron chi connectivity index (χ2n) is 6.12. The summed E-state index contributed by atoms with van der Waals surface area (Å²) in [4.78, 5) is 20.1. The number of amides is 1. The Bertz CT molecular complexity index is 679. The molecule has 0 saturated carbocycles. The predicted octanol–water partition coefficient (Wildman–Crippen LogP) is 3.37. The summed E-state index contributed by atoms with van der Waals surface area (Å²) in [6, 6.07) is 9.99. The molecule has 0 atom stereocenters. The molecule has 1 saturated heterocycles. The summed E-state index contributed by atoms with van der Waals surface area (Å²) >= 11 is 1.47. The zero-order valence-electron chi connectivity index (χ0n) is 13.1. The lowest BCUT2D eigenvalue weighted by Crippen LogP contribution is -2.55. The van der Waals surface area contributed by atoms with Gasteiger partial charge in [0.1, 0.15) is 9.88 Å². The first kappa shape index (κ1) is 15.2. The molecule has 1 aliphatic heterocycles. The maximum absolute atomic E-state index is 12.9. The van der Waals surface area contributed by atoms with Gasteiger partial charge in [-0.25, -0.2) is 4.98 Å². The number of rotatable bonds is 2. The van der Waals surface area contributed by atoms with E-state index in [1.54, 1.807) is 0 Å². The largest absolute Gasteiger partial charge is 0.377 e. The van der Waals surface area contributed by atoms with Crippen molar-refractivity contribution in [2.75, 3.05) is 19.8 Å². The molecule has 2 heterocycles. The molecule has 116 valence electrons. The number of thiazole rings is 1. The number of aromatic nitrogens is 1. The standard InChI is InChI=1S/C17H20N2O2S/c1-12-14(16(20)19-9-10-21-11-17(19,2)3)22-15(18-12)13-7-5-4-6-8-13/h4-8H,9-11H2,1-3H3. The Kier molecular flexibility index (Phi) is 4.02. The number of carbonyl (C=O) groups is 1. The molecule has 1 aliphatic rings. The molecule has 2 aromatic rings. The highest BCUT2D eigenvalue weighted by Crippen LogP contribution is 2.31. The number of aryl methyl sites for hydroxylation is 1. The van der Waals surface area contributed by atoms with E-state index < -0.39 is 0 Å². The van der Waals surface area contributed by atoms with E-state index in [1.165, 1.54) is 11.3 Å². The van der Waals surface area contributed by atoms with E-state index in [0.29, 0.717) is 19.8 Å². The molecule has 1 aromatic carbocycles. The molecular formula is C17H20N2O2S. The molecule has 0 spiro atoms. The first-order chi connectivity index (χ1) is 10.5. The van der Waals surface area contributed by atoms with Gasteiger partial charge in [0.2, 0.25) is 0 Å². The second-order valence-corrected chi connectivity index (χ2v) is 7.12. The van der Waals surface area contributed by atoms with Crippen LogP contribution in [0.15, 0.2) is 30.3 Å². The van der Waals surface area contributed by atoms with Crippen molar-refractivity contribution in [1.29, 1.82) is 0 Å². The molecule has 4 nitrogen and oxygen atoms in total. The number of nitrogens with zero attached hydrogens (tertiary/aromatic N) is 2. The van der Waals surface area contributed by atoms with Crippen LogP contribution in [-0.2, 0) is 4.74 Å². The van der Waals surface area contributed by atoms with Crippen LogP contribution in [0.2, 0.25) is 0 Å². The number of morpholine rings is 1. The zero-order chi connectivity index (χ0) is 15.7. The van der Waals surface area contributed by atoms with E-state index in [0.717, 1.165) is 21.1 Å². The minimum absolute atomic E-state index is 0.0606. The lowest BCUT2D eigenvalue weighted by atomic mass is 10.0. The van der Waals surface area contributed by atoms with Crippen LogP contribution in [-0.4, -0.2) is 41.1 Å². The van der Waals surface area contributed by atoms with Gasteiger partial charge in [0.15, 0.2) is 0 Å². The smallest absolute Gasteiger partial charge is 0.266 e. The van der Waals surface area contributed by atoms with Crippen LogP contribution in [0.3, 0.4) is 0 Å². The molecular weight excluding hydrogens is 296 g/mol. The van der Waals surface area contributed by atoms with Crippen LogP contribution >= 0.6 is 11.3 Å². The summed E-state index contributed by atoms with van der Waals surface area (Å²) in [6.07, 6.45) is 0. The molecule has 0 N–H and O–H groups in total. The fraction of sp³-hybridized carbons (Fsp3) is 0.412. The Balaban J connectivity index is 1.92. The van der Waals surface area contributed by atoms with Crippen LogP contribution in [0.25, 0.3) is 10.6 Å². The van der Waals surface area contributed by atoms with Gasteiger partial charge in [0.05, 0.1) is 24.4 Å². The Morgan fingerprint density at radius 3 is 2.73 bits per heavy atom. The highest BCUT2D eigenvalue weighted by molar-refractivity contribution is 7.17. The third-order valence-electron chi connectivity index (χ3n) is 3.90. The Morgan fingerprint density at radius 1 is 1.32 bits per heavy atom. The Hall–Kier alpha value is -1.72. The maximum Gasteiger partial charge on any atom is 0.266 e. The van der Waals surface area contributed by atoms with Crippen molar-refractivity contribution in [2.45, 2.75) is 26.3 Å². The molecule has 1 fully saturated rings. The lowest BCUT2D eigenvalue weighted by molar-refractivity contribution is -0.0368. The van der Waals surface area contributed by atoms with Crippen LogP contribution in [0.4, 0.5) is 0 Å². The van der Waals surface area contributed by atoms with Gasteiger partial charge in [0.25, 0.3) is 5.91 Å². The topological polar surface area (TPSA) is 42.4 Å². The highest BCUT2D eigenvalue weighted by Gasteiger charge is 2.36. The third kappa shape index (κ3) is 2.78. The summed E-state index contributed by atoms with van der Waals surface area (Å²) in [6.45, 7) is 7.78. The van der Waals surface area contributed by atoms with E-state index >= 15 is 0 Å². The van der Waals surface area contributed by atoms with Gasteiger partial charge in [-0.3, -0.25) is 4.79 Å². The maximum atomic E-state index is 12.9. The van der Waals surface area contributed by atoms with Crippen LogP contribution in [0.1, 0.15) is 29.2 Å². The average Bonchev–Trinajstić information content (AvgIpc) is 2.89. The summed E-state index contributed by atoms with van der Waals surface area (Å²) < 4.78 is 5.50. The number of hydrogen-bond acceptors (Lipinski definition) is 4. The van der Waals surface area contributed by atoms with Crippen LogP contribution in [0.5, 0.6) is 0 Å². The van der Waals surface area contributed by atoms with Gasteiger partial charge in [-0.2, -0.15) is 0 Å². The monoisotopic (exact) mass is 316 g/mol. The van der Waals surface area contributed by atoms with Crippen LogP contribution in [0, 0.1) is 6.92 Å². The Morgan fingerprint density at radius 2 is 2.05 bits per heavy atom. The van der Waals surface area contributed by atoms with Gasteiger partial charge >= 0.3 is 0 Å². The average molecular weight is 316 g/mol. The number of carbonyl (C=O) groups excluding carboxylic acids is 1. The molecule has 0 bridgehead atoms. The highest BCUT2D eigenvalue weighted by atomic mass is 32.1. The summed E-state index contributed by atoms with van der Waals surface area (Å²) in [5.74, 6) is 0.0606. The molecule has 3 rings (SSSR count). The van der Waals surface area contributed by atoms with Crippen molar-refractivity contribution in [1.82, 2.24) is 9.88 Å². The van der Waals surface area contributed by atoms with Crippen molar-refractivity contribution in [3.8, 4) is 10.6 Å². The molecule has 0 aliphatic carbocycles. The van der Waals surface area contributed by atoms with E-state index in [1.807, 2.05) is 56.0 Å². The van der Waals surface area contributed by atoms with Crippen molar-refractivity contribution in [2.24, 2.45) is 0 Å². The van der Waals surface area contributed by atoms with Gasteiger partial charge < -0.3 is 9.64 Å². The minimum atomic E-state index is -0.279. The molecule has 0 radical (unpaired) electrons. The molecule has 1 amide bonds. The zero-order valence-corrected chi connectivity index (χ0v) is 13.9. The van der Waals surface area contributed by atoms with Crippen molar-refractivity contribution >= 4 is 17.2 Å². The first-order valence-corrected chi connectivity index (χ1v) is 8.23. The summed E-state index contributed by atoms with van der Waals surface area (Å²) in [7, 11) is 0. The number of benzene rings is 1. The van der Waals surface area contributed by atoms with Gasteiger partial charge in [-0.15, -0.1) is 11.3 Å². The summed E-state index contributed by atoms with van der Waals surface area (Å²) in [5.41, 5.74) is 1.57. The quantitative estimate of drug-likeness (QED) is 0.853. The van der Waals surface area contributed by atoms with Gasteiger partial charge in [-0.05, 0) is 20.8 Å². The molecule has 22 heavy (non-hydrogen) atoms. The number of ether oxygens (including phenoxy) is 1.